The number of halogens is 1. The van der Waals surface area contributed by atoms with Gasteiger partial charge in [0, 0.05) is 24.2 Å². The van der Waals surface area contributed by atoms with Gasteiger partial charge in [-0.05, 0) is 36.8 Å². The van der Waals surface area contributed by atoms with E-state index in [2.05, 4.69) is 74.0 Å². The van der Waals surface area contributed by atoms with Crippen LogP contribution in [0.15, 0.2) is 72.9 Å². The summed E-state index contributed by atoms with van der Waals surface area (Å²) in [7, 11) is 0. The van der Waals surface area contributed by atoms with Crippen molar-refractivity contribution in [2.75, 3.05) is 0 Å². The van der Waals surface area contributed by atoms with Crippen LogP contribution in [0.5, 0.6) is 0 Å². The average molecular weight is 366 g/mol. The monoisotopic (exact) mass is 365 g/mol. The minimum Gasteiger partial charge on any atom is -0.342 e. The molecule has 3 aromatic rings. The minimum absolute atomic E-state index is 0.185. The maximum Gasteiger partial charge on any atom is 0.123 e. The highest BCUT2D eigenvalue weighted by Gasteiger charge is 2.22. The van der Waals surface area contributed by atoms with Crippen LogP contribution in [0.25, 0.3) is 0 Å². The van der Waals surface area contributed by atoms with Crippen LogP contribution >= 0.6 is 0 Å². The summed E-state index contributed by atoms with van der Waals surface area (Å²) in [4.78, 5) is 1.57. The highest BCUT2D eigenvalue weighted by atomic mass is 19.1. The van der Waals surface area contributed by atoms with Crippen molar-refractivity contribution in [2.24, 2.45) is 5.92 Å². The summed E-state index contributed by atoms with van der Waals surface area (Å²) in [5.41, 5.74) is 3.81. The molecule has 0 amide bonds. The van der Waals surface area contributed by atoms with E-state index in [1.807, 2.05) is 12.1 Å². The number of hydrogen-bond acceptors (Lipinski definition) is 0. The van der Waals surface area contributed by atoms with Crippen molar-refractivity contribution in [1.29, 1.82) is 0 Å². The van der Waals surface area contributed by atoms with E-state index in [1.54, 1.807) is 4.90 Å². The molecular weight excluding hydrogens is 335 g/mol. The molecule has 0 aliphatic heterocycles. The Morgan fingerprint density at radius 3 is 2.19 bits per heavy atom. The Hall–Kier alpha value is -2.39. The second-order valence-electron chi connectivity index (χ2n) is 7.78. The molecule has 2 nitrogen and oxygen atoms in total. The predicted octanol–water partition coefficient (Wildman–Crippen LogP) is 4.31. The fraction of sp³-hybridized carbons (Fsp3) is 0.333. The van der Waals surface area contributed by atoms with Crippen molar-refractivity contribution in [3.8, 4) is 0 Å². The van der Waals surface area contributed by atoms with Crippen molar-refractivity contribution in [2.45, 2.75) is 46.4 Å². The normalized spacial score (nSPS) is 13.7. The summed E-state index contributed by atoms with van der Waals surface area (Å²) in [6.07, 6.45) is 2.12. The van der Waals surface area contributed by atoms with Crippen LogP contribution in [0.3, 0.4) is 0 Å². The maximum atomic E-state index is 13.2. The molecule has 0 bridgehead atoms. The molecule has 0 radical (unpaired) electrons. The summed E-state index contributed by atoms with van der Waals surface area (Å²) in [5, 5.41) is 0. The van der Waals surface area contributed by atoms with Crippen molar-refractivity contribution in [3.63, 3.8) is 0 Å². The first-order valence-corrected chi connectivity index (χ1v) is 9.80. The zero-order chi connectivity index (χ0) is 19.2. The third-order valence-corrected chi connectivity index (χ3v) is 5.52. The van der Waals surface area contributed by atoms with E-state index in [4.69, 9.17) is 0 Å². The van der Waals surface area contributed by atoms with E-state index in [1.165, 1.54) is 23.4 Å². The molecule has 2 atom stereocenters. The lowest BCUT2D eigenvalue weighted by Crippen LogP contribution is -3.13. The summed E-state index contributed by atoms with van der Waals surface area (Å²) in [6.45, 7) is 9.71. The summed E-state index contributed by atoms with van der Waals surface area (Å²) < 4.78 is 15.5. The van der Waals surface area contributed by atoms with Gasteiger partial charge in [-0.2, -0.15) is 0 Å². The van der Waals surface area contributed by atoms with Gasteiger partial charge in [-0.15, -0.1) is 0 Å². The fourth-order valence-electron chi connectivity index (χ4n) is 3.50. The highest BCUT2D eigenvalue weighted by Crippen LogP contribution is 2.10. The SMILES string of the molecule is CC(C)[C@@H](C)[NH+](Cc1ccccc1)Cc1cccn1Cc1ccc(F)cc1. The van der Waals surface area contributed by atoms with Crippen molar-refractivity contribution in [1.82, 2.24) is 4.57 Å². The van der Waals surface area contributed by atoms with Crippen LogP contribution in [0.1, 0.15) is 37.6 Å². The number of quaternary nitrogens is 1. The fourth-order valence-corrected chi connectivity index (χ4v) is 3.50. The second-order valence-corrected chi connectivity index (χ2v) is 7.78. The molecule has 1 unspecified atom stereocenters. The first kappa shape index (κ1) is 19.4. The van der Waals surface area contributed by atoms with Gasteiger partial charge in [-0.3, -0.25) is 0 Å². The number of rotatable bonds is 8. The van der Waals surface area contributed by atoms with Crippen molar-refractivity contribution >= 4 is 0 Å². The lowest BCUT2D eigenvalue weighted by molar-refractivity contribution is -0.954. The van der Waals surface area contributed by atoms with Crippen molar-refractivity contribution < 1.29 is 9.29 Å². The Morgan fingerprint density at radius 2 is 1.52 bits per heavy atom. The van der Waals surface area contributed by atoms with E-state index in [0.29, 0.717) is 12.0 Å². The Balaban J connectivity index is 1.77. The molecule has 2 aromatic carbocycles. The third kappa shape index (κ3) is 5.30. The van der Waals surface area contributed by atoms with Gasteiger partial charge in [0.15, 0.2) is 0 Å². The number of nitrogens with zero attached hydrogens (tertiary/aromatic N) is 1. The van der Waals surface area contributed by atoms with E-state index in [0.717, 1.165) is 25.2 Å². The summed E-state index contributed by atoms with van der Waals surface area (Å²) in [6, 6.07) is 22.4. The first-order chi connectivity index (χ1) is 13.0. The number of hydrogen-bond donors (Lipinski definition) is 1. The number of nitrogens with one attached hydrogen (secondary N) is 1. The zero-order valence-electron chi connectivity index (χ0n) is 16.5. The van der Waals surface area contributed by atoms with E-state index < -0.39 is 0 Å². The number of aromatic nitrogens is 1. The standard InChI is InChI=1S/C24H29FN2/c1-19(2)20(3)27(17-21-8-5-4-6-9-21)18-24-10-7-15-26(24)16-22-11-13-23(25)14-12-22/h4-15,19-20H,16-18H2,1-3H3/p+1/t20-/m1/s1. The Morgan fingerprint density at radius 1 is 0.815 bits per heavy atom. The van der Waals surface area contributed by atoms with Gasteiger partial charge >= 0.3 is 0 Å². The average Bonchev–Trinajstić information content (AvgIpc) is 3.10. The maximum absolute atomic E-state index is 13.2. The van der Waals surface area contributed by atoms with Crippen LogP contribution in [0.2, 0.25) is 0 Å². The van der Waals surface area contributed by atoms with Crippen molar-refractivity contribution in [3.05, 3.63) is 95.6 Å². The molecule has 27 heavy (non-hydrogen) atoms. The van der Waals surface area contributed by atoms with Gasteiger partial charge in [0.05, 0.1) is 11.7 Å². The lowest BCUT2D eigenvalue weighted by atomic mass is 10.0. The van der Waals surface area contributed by atoms with E-state index in [9.17, 15) is 4.39 Å². The quantitative estimate of drug-likeness (QED) is 0.609. The van der Waals surface area contributed by atoms with Crippen LogP contribution in [0.4, 0.5) is 4.39 Å². The van der Waals surface area contributed by atoms with Gasteiger partial charge in [-0.1, -0.05) is 56.3 Å². The molecule has 142 valence electrons. The van der Waals surface area contributed by atoms with Gasteiger partial charge in [-0.25, -0.2) is 4.39 Å². The molecule has 0 fully saturated rings. The van der Waals surface area contributed by atoms with E-state index in [-0.39, 0.29) is 5.82 Å². The molecule has 0 saturated carbocycles. The van der Waals surface area contributed by atoms with Crippen LogP contribution in [-0.4, -0.2) is 10.6 Å². The Bertz CT molecular complexity index is 821. The van der Waals surface area contributed by atoms with Gasteiger partial charge in [0.1, 0.15) is 18.9 Å². The predicted molar refractivity (Wildman–Crippen MR) is 109 cm³/mol. The molecular formula is C24H30FN2+. The summed E-state index contributed by atoms with van der Waals surface area (Å²) >= 11 is 0. The molecule has 0 saturated heterocycles. The topological polar surface area (TPSA) is 9.37 Å². The number of benzene rings is 2. The lowest BCUT2D eigenvalue weighted by Gasteiger charge is -2.29. The highest BCUT2D eigenvalue weighted by molar-refractivity contribution is 5.18. The van der Waals surface area contributed by atoms with Crippen LogP contribution < -0.4 is 4.90 Å². The zero-order valence-corrected chi connectivity index (χ0v) is 16.5. The molecule has 3 rings (SSSR count). The third-order valence-electron chi connectivity index (χ3n) is 5.52. The minimum atomic E-state index is -0.185. The molecule has 0 spiro atoms. The smallest absolute Gasteiger partial charge is 0.123 e. The molecule has 0 aliphatic carbocycles. The largest absolute Gasteiger partial charge is 0.342 e. The molecule has 1 heterocycles. The van der Waals surface area contributed by atoms with Crippen LogP contribution in [-0.2, 0) is 19.6 Å². The molecule has 3 heteroatoms. The van der Waals surface area contributed by atoms with E-state index >= 15 is 0 Å². The molecule has 1 aromatic heterocycles. The van der Waals surface area contributed by atoms with Gasteiger partial charge in [0.25, 0.3) is 0 Å². The Kier molecular flexibility index (Phi) is 6.46. The summed E-state index contributed by atoms with van der Waals surface area (Å²) in [5.74, 6) is 0.431. The first-order valence-electron chi connectivity index (χ1n) is 9.80. The van der Waals surface area contributed by atoms with Gasteiger partial charge in [0.2, 0.25) is 0 Å². The molecule has 1 N–H and O–H groups in total. The molecule has 0 aliphatic rings. The van der Waals surface area contributed by atoms with Crippen LogP contribution in [0, 0.1) is 11.7 Å². The van der Waals surface area contributed by atoms with Gasteiger partial charge < -0.3 is 9.47 Å². The second kappa shape index (κ2) is 9.01. The Labute approximate surface area is 162 Å².